The number of anilines is 2. The van der Waals surface area contributed by atoms with Gasteiger partial charge in [0, 0.05) is 0 Å². The molecule has 0 radical (unpaired) electrons. The fourth-order valence-corrected chi connectivity index (χ4v) is 5.44. The number of para-hydroxylation sites is 2. The number of fused-ring (bicyclic) bond motifs is 1. The first-order chi connectivity index (χ1) is 16.1. The quantitative estimate of drug-likeness (QED) is 0.406. The number of aldehydes is 1. The number of carbonyl (C=O) groups is 4. The van der Waals surface area contributed by atoms with Crippen LogP contribution in [-0.2, 0) is 28.7 Å². The first kappa shape index (κ1) is 25.7. The van der Waals surface area contributed by atoms with Crippen molar-refractivity contribution in [1.29, 1.82) is 0 Å². The smallest absolute Gasteiger partial charge is 0.427 e. The van der Waals surface area contributed by atoms with E-state index in [1.165, 1.54) is 18.2 Å². The molecule has 2 heterocycles. The number of hydrogen-bond donors (Lipinski definition) is 2. The Labute approximate surface area is 197 Å². The number of benzene rings is 1. The monoisotopic (exact) mass is 503 g/mol. The Hall–Kier alpha value is -2.96. The fourth-order valence-electron chi connectivity index (χ4n) is 3.89. The van der Waals surface area contributed by atoms with Gasteiger partial charge in [0.25, 0.3) is 5.91 Å². The summed E-state index contributed by atoms with van der Waals surface area (Å²) in [5, 5.41) is 3.55. The number of esters is 2. The fraction of sp³-hybridized carbons (Fsp3) is 0.524. The van der Waals surface area contributed by atoms with Gasteiger partial charge in [-0.15, -0.1) is 11.8 Å². The lowest BCUT2D eigenvalue weighted by molar-refractivity contribution is -0.152. The maximum Gasteiger partial charge on any atom is 0.427 e. The average Bonchev–Trinajstić information content (AvgIpc) is 3.30. The maximum atomic E-state index is 13.4. The van der Waals surface area contributed by atoms with Crippen LogP contribution in [0.4, 0.5) is 24.5 Å². The van der Waals surface area contributed by atoms with Crippen LogP contribution in [0.1, 0.15) is 13.8 Å². The van der Waals surface area contributed by atoms with Crippen molar-refractivity contribution in [3.05, 3.63) is 24.3 Å². The third-order valence-corrected chi connectivity index (χ3v) is 7.06. The second-order valence-corrected chi connectivity index (χ2v) is 9.08. The molecule has 5 unspecified atom stereocenters. The molecule has 3 rings (SSSR count). The number of amides is 1. The van der Waals surface area contributed by atoms with Crippen molar-refractivity contribution in [2.75, 3.05) is 30.0 Å². The van der Waals surface area contributed by atoms with E-state index in [4.69, 9.17) is 9.47 Å². The minimum absolute atomic E-state index is 0.129. The molecular weight excluding hydrogens is 479 g/mol. The first-order valence-corrected chi connectivity index (χ1v) is 11.4. The molecule has 13 heteroatoms. The highest BCUT2D eigenvalue weighted by Gasteiger charge is 2.49. The third kappa shape index (κ3) is 5.57. The van der Waals surface area contributed by atoms with Crippen molar-refractivity contribution in [3.8, 4) is 0 Å². The Bertz CT molecular complexity index is 947. The number of alkyl halides is 3. The van der Waals surface area contributed by atoms with E-state index >= 15 is 0 Å². The normalized spacial score (nSPS) is 25.8. The van der Waals surface area contributed by atoms with Gasteiger partial charge >= 0.3 is 18.1 Å². The zero-order chi connectivity index (χ0) is 25.0. The predicted octanol–water partition coefficient (Wildman–Crippen LogP) is 1.92. The highest BCUT2D eigenvalue weighted by Crippen LogP contribution is 2.42. The van der Waals surface area contributed by atoms with E-state index in [0.29, 0.717) is 6.29 Å². The molecule has 34 heavy (non-hydrogen) atoms. The summed E-state index contributed by atoms with van der Waals surface area (Å²) in [5.74, 6) is -3.53. The Balaban J connectivity index is 1.58. The highest BCUT2D eigenvalue weighted by molar-refractivity contribution is 8.01. The zero-order valence-corrected chi connectivity index (χ0v) is 19.2. The van der Waals surface area contributed by atoms with Crippen LogP contribution in [0.2, 0.25) is 0 Å². The number of carbonyl (C=O) groups excluding carboxylic acids is 4. The SMILES string of the molecule is CCOC(=O)C1C(NC(=O)COC(=O)CN2c3ccccc3NC2C(F)(F)F)SC(C=O)C1C. The summed E-state index contributed by atoms with van der Waals surface area (Å²) in [5.41, 5.74) is 0.400. The molecule has 9 nitrogen and oxygen atoms in total. The van der Waals surface area contributed by atoms with Crippen molar-refractivity contribution in [1.82, 2.24) is 5.32 Å². The van der Waals surface area contributed by atoms with Gasteiger partial charge in [0.15, 0.2) is 12.8 Å². The second kappa shape index (κ2) is 10.5. The predicted molar refractivity (Wildman–Crippen MR) is 117 cm³/mol. The summed E-state index contributed by atoms with van der Waals surface area (Å²) in [6.45, 7) is 1.95. The zero-order valence-electron chi connectivity index (χ0n) is 18.3. The van der Waals surface area contributed by atoms with Crippen LogP contribution in [0.3, 0.4) is 0 Å². The van der Waals surface area contributed by atoms with Crippen molar-refractivity contribution >= 4 is 47.3 Å². The van der Waals surface area contributed by atoms with Crippen molar-refractivity contribution < 1.29 is 41.8 Å². The van der Waals surface area contributed by atoms with Crippen molar-refractivity contribution in [3.63, 3.8) is 0 Å². The molecule has 1 fully saturated rings. The molecule has 0 saturated carbocycles. The number of halogens is 3. The van der Waals surface area contributed by atoms with Gasteiger partial charge in [-0.2, -0.15) is 13.2 Å². The average molecular weight is 503 g/mol. The molecule has 0 spiro atoms. The Morgan fingerprint density at radius 1 is 1.24 bits per heavy atom. The van der Waals surface area contributed by atoms with E-state index in [1.807, 2.05) is 0 Å². The summed E-state index contributed by atoms with van der Waals surface area (Å²) in [4.78, 5) is 49.0. The number of hydrogen-bond acceptors (Lipinski definition) is 9. The molecule has 2 aliphatic rings. The summed E-state index contributed by atoms with van der Waals surface area (Å²) < 4.78 is 50.2. The van der Waals surface area contributed by atoms with Gasteiger partial charge in [-0.1, -0.05) is 19.1 Å². The molecule has 5 atom stereocenters. The molecule has 1 saturated heterocycles. The topological polar surface area (TPSA) is 114 Å². The highest BCUT2D eigenvalue weighted by atomic mass is 32.2. The molecular formula is C21H24F3N3O6S. The molecule has 0 aromatic heterocycles. The van der Waals surface area contributed by atoms with Crippen molar-refractivity contribution in [2.45, 2.75) is 36.8 Å². The lowest BCUT2D eigenvalue weighted by Gasteiger charge is -2.27. The van der Waals surface area contributed by atoms with Crippen LogP contribution in [0.25, 0.3) is 0 Å². The van der Waals surface area contributed by atoms with E-state index < -0.39 is 65.8 Å². The summed E-state index contributed by atoms with van der Waals surface area (Å²) in [6, 6.07) is 6.00. The summed E-state index contributed by atoms with van der Waals surface area (Å²) in [6.07, 6.45) is -6.09. The second-order valence-electron chi connectivity index (χ2n) is 7.76. The molecule has 0 aliphatic carbocycles. The van der Waals surface area contributed by atoms with Crippen LogP contribution in [0.5, 0.6) is 0 Å². The third-order valence-electron chi connectivity index (χ3n) is 5.50. The summed E-state index contributed by atoms with van der Waals surface area (Å²) >= 11 is 1.08. The van der Waals surface area contributed by atoms with E-state index in [0.717, 1.165) is 16.7 Å². The minimum atomic E-state index is -4.66. The number of rotatable bonds is 8. The molecule has 0 bridgehead atoms. The number of thioether (sulfide) groups is 1. The minimum Gasteiger partial charge on any atom is -0.466 e. The van der Waals surface area contributed by atoms with Gasteiger partial charge in [0.1, 0.15) is 12.8 Å². The molecule has 1 aromatic carbocycles. The molecule has 1 amide bonds. The number of nitrogens with zero attached hydrogens (tertiary/aromatic N) is 1. The Kier molecular flexibility index (Phi) is 7.95. The van der Waals surface area contributed by atoms with E-state index in [2.05, 4.69) is 10.6 Å². The lowest BCUT2D eigenvalue weighted by atomic mass is 9.91. The van der Waals surface area contributed by atoms with Gasteiger partial charge in [-0.05, 0) is 25.0 Å². The summed E-state index contributed by atoms with van der Waals surface area (Å²) in [7, 11) is 0. The molecule has 2 aliphatic heterocycles. The van der Waals surface area contributed by atoms with E-state index in [-0.39, 0.29) is 18.0 Å². The number of nitrogens with one attached hydrogen (secondary N) is 2. The van der Waals surface area contributed by atoms with Crippen LogP contribution in [0.15, 0.2) is 24.3 Å². The van der Waals surface area contributed by atoms with Gasteiger partial charge in [-0.25, -0.2) is 0 Å². The lowest BCUT2D eigenvalue weighted by Crippen LogP contribution is -2.49. The van der Waals surface area contributed by atoms with Crippen LogP contribution in [0, 0.1) is 11.8 Å². The maximum absolute atomic E-state index is 13.4. The molecule has 186 valence electrons. The largest absolute Gasteiger partial charge is 0.466 e. The van der Waals surface area contributed by atoms with Crippen LogP contribution < -0.4 is 15.5 Å². The Morgan fingerprint density at radius 2 is 1.94 bits per heavy atom. The van der Waals surface area contributed by atoms with Crippen LogP contribution >= 0.6 is 11.8 Å². The van der Waals surface area contributed by atoms with Crippen molar-refractivity contribution in [2.24, 2.45) is 11.8 Å². The van der Waals surface area contributed by atoms with Gasteiger partial charge in [-0.3, -0.25) is 14.4 Å². The van der Waals surface area contributed by atoms with E-state index in [1.54, 1.807) is 19.9 Å². The van der Waals surface area contributed by atoms with Gasteiger partial charge in [0.05, 0.1) is 34.5 Å². The molecule has 1 aromatic rings. The Morgan fingerprint density at radius 3 is 2.59 bits per heavy atom. The van der Waals surface area contributed by atoms with Crippen LogP contribution in [-0.4, -0.2) is 66.9 Å². The van der Waals surface area contributed by atoms with Gasteiger partial charge in [0.2, 0.25) is 0 Å². The first-order valence-electron chi connectivity index (χ1n) is 10.5. The molecule has 2 N–H and O–H groups in total. The van der Waals surface area contributed by atoms with E-state index in [9.17, 15) is 32.3 Å². The number of ether oxygens (including phenoxy) is 2. The van der Waals surface area contributed by atoms with Gasteiger partial charge < -0.3 is 29.8 Å². The standard InChI is InChI=1S/C21H24F3N3O6S/c1-3-32-19(31)17-11(2)14(9-28)34-18(17)26-15(29)10-33-16(30)8-27-13-7-5-4-6-12(13)25-20(27)21(22,23)24/h4-7,9,11,14,17-18,20,25H,3,8,10H2,1-2H3,(H,26,29).